The van der Waals surface area contributed by atoms with Crippen LogP contribution in [-0.4, -0.2) is 57.9 Å². The summed E-state index contributed by atoms with van der Waals surface area (Å²) in [5.74, 6) is 0. The molecule has 4 nitrogen and oxygen atoms in total. The first-order valence-corrected chi connectivity index (χ1v) is 16.2. The van der Waals surface area contributed by atoms with Crippen molar-refractivity contribution in [3.63, 3.8) is 0 Å². The predicted molar refractivity (Wildman–Crippen MR) is 147 cm³/mol. The van der Waals surface area contributed by atoms with Crippen molar-refractivity contribution in [3.8, 4) is 0 Å². The van der Waals surface area contributed by atoms with Gasteiger partial charge in [-0.15, -0.1) is 0 Å². The topological polar surface area (TPSA) is 13.0 Å². The van der Waals surface area contributed by atoms with Crippen molar-refractivity contribution >= 4 is 54.5 Å². The van der Waals surface area contributed by atoms with Crippen LogP contribution in [-0.2, 0) is 0 Å². The molecule has 176 valence electrons. The number of unbranched alkanes of at least 4 members (excludes halogenated alkanes) is 2. The van der Waals surface area contributed by atoms with Crippen LogP contribution in [0.4, 0.5) is 22.7 Å². The zero-order chi connectivity index (χ0) is 23.6. The second-order valence-electron chi connectivity index (χ2n) is 11.8. The molecule has 2 aliphatic rings. The van der Waals surface area contributed by atoms with Gasteiger partial charge in [0.2, 0.25) is 0 Å². The van der Waals surface area contributed by atoms with Crippen LogP contribution in [0.2, 0.25) is 0 Å². The van der Waals surface area contributed by atoms with Crippen LogP contribution >= 0.6 is 0 Å². The van der Waals surface area contributed by atoms with Gasteiger partial charge in [-0.2, -0.15) is 0 Å². The number of para-hydroxylation sites is 4. The average Bonchev–Trinajstić information content (AvgIpc) is 3.24. The Morgan fingerprint density at radius 1 is 0.515 bits per heavy atom. The number of benzene rings is 2. The fourth-order valence-electron chi connectivity index (χ4n) is 4.60. The Kier molecular flexibility index (Phi) is 7.64. The first kappa shape index (κ1) is 24.8. The molecular weight excluding hydrogens is 526 g/mol. The molecule has 6 heteroatoms. The molecule has 0 spiro atoms. The van der Waals surface area contributed by atoms with Gasteiger partial charge in [0.1, 0.15) is 0 Å². The van der Waals surface area contributed by atoms with Gasteiger partial charge >= 0.3 is 216 Å². The normalized spacial score (nSPS) is 15.9. The van der Waals surface area contributed by atoms with Gasteiger partial charge in [0.05, 0.1) is 0 Å². The number of anilines is 4. The van der Waals surface area contributed by atoms with Crippen molar-refractivity contribution in [2.45, 2.75) is 60.8 Å². The molecule has 0 saturated carbocycles. The first-order valence-electron chi connectivity index (χ1n) is 12.4. The minimum absolute atomic E-state index is 0.273. The van der Waals surface area contributed by atoms with Gasteiger partial charge in [-0.05, 0) is 0 Å². The van der Waals surface area contributed by atoms with Crippen LogP contribution in [0.1, 0.15) is 60.8 Å². The van der Waals surface area contributed by atoms with Crippen LogP contribution in [0.15, 0.2) is 48.5 Å². The molecule has 4 rings (SSSR count). The van der Waals surface area contributed by atoms with Gasteiger partial charge in [0, 0.05) is 0 Å². The van der Waals surface area contributed by atoms with E-state index in [9.17, 15) is 0 Å². The number of rotatable bonds is 8. The molecule has 4 radical (unpaired) electrons. The summed E-state index contributed by atoms with van der Waals surface area (Å²) >= 11 is -0.546. The fourth-order valence-corrected chi connectivity index (χ4v) is 11.7. The fraction of sp³-hybridized carbons (Fsp3) is 0.556. The van der Waals surface area contributed by atoms with Gasteiger partial charge in [0.25, 0.3) is 0 Å². The Hall–Kier alpha value is -1.27. The summed E-state index contributed by atoms with van der Waals surface area (Å²) < 4.78 is 10.8. The number of fused-ring (bicyclic) bond motifs is 2. The summed E-state index contributed by atoms with van der Waals surface area (Å²) in [4.78, 5) is 0. The summed E-state index contributed by atoms with van der Waals surface area (Å²) in [7, 11) is 0. The number of hydrogen-bond donors (Lipinski definition) is 0. The van der Waals surface area contributed by atoms with E-state index < -0.39 is 0 Å². The predicted octanol–water partition coefficient (Wildman–Crippen LogP) is 5.97. The standard InChI is InChI=1S/C27H40Ge2N4/c1-26(2,3)20-32-24-16-10-8-14-22(24)30(28-32)18-12-7-13-19-31-23-15-9-11-17-25(23)33(29-31)21-27(4,5)6/h8-11,14-17H,7,12-13,18-21H2,1-6H3. The Labute approximate surface area is 215 Å². The maximum absolute atomic E-state index is 2.71. The maximum atomic E-state index is 2.71. The molecule has 0 saturated heterocycles. The van der Waals surface area contributed by atoms with Gasteiger partial charge in [0.15, 0.2) is 0 Å². The molecule has 0 aliphatic carbocycles. The van der Waals surface area contributed by atoms with Crippen molar-refractivity contribution in [3.05, 3.63) is 48.5 Å². The van der Waals surface area contributed by atoms with E-state index in [-0.39, 0.29) is 31.8 Å². The SMILES string of the molecule is CC(C)(C)C[N]1[Ge][N](CCCCC[N]2[Ge][N](CC(C)(C)C)c3ccccc32)c2ccccc21. The van der Waals surface area contributed by atoms with Crippen LogP contribution in [0.3, 0.4) is 0 Å². The molecule has 0 bridgehead atoms. The molecule has 2 aromatic carbocycles. The molecule has 0 aromatic heterocycles. The Morgan fingerprint density at radius 3 is 1.18 bits per heavy atom. The van der Waals surface area contributed by atoms with E-state index in [1.165, 1.54) is 55.1 Å². The van der Waals surface area contributed by atoms with E-state index in [1.54, 1.807) is 0 Å². The van der Waals surface area contributed by atoms with Gasteiger partial charge in [-0.3, -0.25) is 0 Å². The Morgan fingerprint density at radius 2 is 0.848 bits per heavy atom. The van der Waals surface area contributed by atoms with E-state index in [0.717, 1.165) is 13.1 Å². The van der Waals surface area contributed by atoms with Crippen molar-refractivity contribution in [1.29, 1.82) is 0 Å². The summed E-state index contributed by atoms with van der Waals surface area (Å²) in [6.07, 6.45) is 3.90. The van der Waals surface area contributed by atoms with Gasteiger partial charge in [-0.25, -0.2) is 0 Å². The minimum atomic E-state index is -0.273. The van der Waals surface area contributed by atoms with Gasteiger partial charge in [-0.1, -0.05) is 0 Å². The zero-order valence-electron chi connectivity index (χ0n) is 21.4. The van der Waals surface area contributed by atoms with Crippen LogP contribution < -0.4 is 15.4 Å². The van der Waals surface area contributed by atoms with E-state index in [0.29, 0.717) is 10.8 Å². The molecule has 2 aromatic rings. The Bertz CT molecular complexity index is 859. The number of nitrogens with zero attached hydrogens (tertiary/aromatic N) is 4. The Balaban J connectivity index is 1.27. The molecule has 2 aliphatic heterocycles. The van der Waals surface area contributed by atoms with Gasteiger partial charge < -0.3 is 0 Å². The van der Waals surface area contributed by atoms with Crippen molar-refractivity contribution in [2.24, 2.45) is 10.8 Å². The third kappa shape index (κ3) is 6.44. The third-order valence-electron chi connectivity index (χ3n) is 5.94. The van der Waals surface area contributed by atoms with Crippen molar-refractivity contribution in [1.82, 2.24) is 0 Å². The second-order valence-corrected chi connectivity index (χ2v) is 17.2. The second kappa shape index (κ2) is 10.1. The quantitative estimate of drug-likeness (QED) is 0.289. The molecule has 0 atom stereocenters. The summed E-state index contributed by atoms with van der Waals surface area (Å²) in [6, 6.07) is 18.1. The van der Waals surface area contributed by atoms with E-state index in [2.05, 4.69) is 106 Å². The molecule has 0 fully saturated rings. The third-order valence-corrected chi connectivity index (χ3v) is 11.6. The van der Waals surface area contributed by atoms with Crippen molar-refractivity contribution in [2.75, 3.05) is 41.6 Å². The first-order chi connectivity index (χ1) is 15.6. The van der Waals surface area contributed by atoms with E-state index >= 15 is 0 Å². The average molecular weight is 566 g/mol. The molecule has 0 unspecified atom stereocenters. The zero-order valence-corrected chi connectivity index (χ0v) is 25.6. The monoisotopic (exact) mass is 568 g/mol. The molecule has 0 N–H and O–H groups in total. The van der Waals surface area contributed by atoms with Crippen LogP contribution in [0.25, 0.3) is 0 Å². The summed E-state index contributed by atoms with van der Waals surface area (Å²) in [6.45, 7) is 18.9. The molecule has 33 heavy (non-hydrogen) atoms. The van der Waals surface area contributed by atoms with Crippen LogP contribution in [0, 0.1) is 10.8 Å². The summed E-state index contributed by atoms with van der Waals surface area (Å²) in [5, 5.41) is 0. The molecule has 2 heterocycles. The van der Waals surface area contributed by atoms with E-state index in [1.807, 2.05) is 0 Å². The van der Waals surface area contributed by atoms with Crippen molar-refractivity contribution < 1.29 is 0 Å². The number of hydrogen-bond acceptors (Lipinski definition) is 4. The molecule has 0 amide bonds. The van der Waals surface area contributed by atoms with Crippen LogP contribution in [0.5, 0.6) is 0 Å². The molecular formula is C27H40Ge2N4. The summed E-state index contributed by atoms with van der Waals surface area (Å²) in [5.41, 5.74) is 6.54. The van der Waals surface area contributed by atoms with E-state index in [4.69, 9.17) is 0 Å².